The largest absolute Gasteiger partial charge is 0.463 e. The molecule has 16 heavy (non-hydrogen) atoms. The van der Waals surface area contributed by atoms with Crippen LogP contribution in [0, 0.1) is 0 Å². The van der Waals surface area contributed by atoms with Gasteiger partial charge in [0.1, 0.15) is 0 Å². The van der Waals surface area contributed by atoms with Crippen molar-refractivity contribution in [1.82, 2.24) is 0 Å². The van der Waals surface area contributed by atoms with Crippen molar-refractivity contribution >= 4 is 5.97 Å². The number of carbonyl (C=O) groups excluding carboxylic acids is 1. The third-order valence-corrected chi connectivity index (χ3v) is 1.96. The Balaban J connectivity index is 3.56. The third-order valence-electron chi connectivity index (χ3n) is 1.96. The molecule has 0 spiro atoms. The van der Waals surface area contributed by atoms with E-state index in [9.17, 15) is 4.79 Å². The Bertz CT molecular complexity index is 249. The van der Waals surface area contributed by atoms with E-state index in [1.807, 2.05) is 18.2 Å². The summed E-state index contributed by atoms with van der Waals surface area (Å²) in [5, 5.41) is 0. The van der Waals surface area contributed by atoms with Crippen LogP contribution in [0.5, 0.6) is 0 Å². The molecule has 0 bridgehead atoms. The average molecular weight is 222 g/mol. The predicted octanol–water partition coefficient (Wildman–Crippen LogP) is 3.80. The fourth-order valence-corrected chi connectivity index (χ4v) is 1.14. The molecule has 0 aromatic rings. The molecule has 0 aromatic carbocycles. The molecule has 0 aliphatic heterocycles. The van der Waals surface area contributed by atoms with Crippen LogP contribution >= 0.6 is 0 Å². The Morgan fingerprint density at radius 1 is 1.06 bits per heavy atom. The van der Waals surface area contributed by atoms with E-state index < -0.39 is 0 Å². The van der Waals surface area contributed by atoms with Crippen molar-refractivity contribution in [2.45, 2.75) is 39.5 Å². The SMILES string of the molecule is CCCCCC=CC=CC=CC(=O)OCC. The van der Waals surface area contributed by atoms with Gasteiger partial charge in [0, 0.05) is 6.08 Å². The molecule has 0 aromatic heterocycles. The summed E-state index contributed by atoms with van der Waals surface area (Å²) >= 11 is 0. The second-order valence-electron chi connectivity index (χ2n) is 3.42. The fraction of sp³-hybridized carbons (Fsp3) is 0.500. The number of carbonyl (C=O) groups is 1. The van der Waals surface area contributed by atoms with E-state index in [1.54, 1.807) is 13.0 Å². The van der Waals surface area contributed by atoms with Gasteiger partial charge in [0.05, 0.1) is 6.61 Å². The lowest BCUT2D eigenvalue weighted by Gasteiger charge is -1.92. The molecule has 0 amide bonds. The van der Waals surface area contributed by atoms with E-state index in [1.165, 1.54) is 25.3 Å². The summed E-state index contributed by atoms with van der Waals surface area (Å²) in [6.07, 6.45) is 15.9. The number of hydrogen-bond donors (Lipinski definition) is 0. The highest BCUT2D eigenvalue weighted by molar-refractivity contribution is 5.82. The fourth-order valence-electron chi connectivity index (χ4n) is 1.14. The first kappa shape index (κ1) is 14.7. The molecule has 0 aliphatic carbocycles. The molecule has 0 heterocycles. The minimum atomic E-state index is -0.293. The van der Waals surface area contributed by atoms with Crippen LogP contribution in [0.3, 0.4) is 0 Å². The Hall–Kier alpha value is -1.31. The van der Waals surface area contributed by atoms with Crippen molar-refractivity contribution in [2.75, 3.05) is 6.61 Å². The zero-order valence-corrected chi connectivity index (χ0v) is 10.3. The summed E-state index contributed by atoms with van der Waals surface area (Å²) in [5.74, 6) is -0.293. The normalized spacial score (nSPS) is 11.9. The first-order valence-electron chi connectivity index (χ1n) is 5.97. The lowest BCUT2D eigenvalue weighted by atomic mass is 10.2. The molecule has 0 rings (SSSR count). The first-order valence-corrected chi connectivity index (χ1v) is 5.97. The molecular formula is C14H22O2. The molecule has 0 N–H and O–H groups in total. The Morgan fingerprint density at radius 2 is 1.81 bits per heavy atom. The second kappa shape index (κ2) is 11.8. The molecule has 0 saturated heterocycles. The summed E-state index contributed by atoms with van der Waals surface area (Å²) in [5.41, 5.74) is 0. The van der Waals surface area contributed by atoms with E-state index in [2.05, 4.69) is 13.0 Å². The van der Waals surface area contributed by atoms with Crippen molar-refractivity contribution in [1.29, 1.82) is 0 Å². The topological polar surface area (TPSA) is 26.3 Å². The van der Waals surface area contributed by atoms with Crippen molar-refractivity contribution in [2.24, 2.45) is 0 Å². The monoisotopic (exact) mass is 222 g/mol. The Kier molecular flexibility index (Phi) is 10.8. The number of allylic oxidation sites excluding steroid dienone is 5. The summed E-state index contributed by atoms with van der Waals surface area (Å²) in [7, 11) is 0. The van der Waals surface area contributed by atoms with Gasteiger partial charge in [0.15, 0.2) is 0 Å². The van der Waals surface area contributed by atoms with Gasteiger partial charge in [0.25, 0.3) is 0 Å². The maximum atomic E-state index is 10.9. The highest BCUT2D eigenvalue weighted by atomic mass is 16.5. The van der Waals surface area contributed by atoms with Crippen molar-refractivity contribution in [3.8, 4) is 0 Å². The van der Waals surface area contributed by atoms with Gasteiger partial charge >= 0.3 is 5.97 Å². The van der Waals surface area contributed by atoms with Crippen molar-refractivity contribution in [3.05, 3.63) is 36.5 Å². The van der Waals surface area contributed by atoms with E-state index >= 15 is 0 Å². The van der Waals surface area contributed by atoms with Crippen LogP contribution in [0.4, 0.5) is 0 Å². The van der Waals surface area contributed by atoms with E-state index in [0.29, 0.717) is 6.61 Å². The zero-order chi connectivity index (χ0) is 12.1. The highest BCUT2D eigenvalue weighted by Crippen LogP contribution is 1.99. The van der Waals surface area contributed by atoms with Gasteiger partial charge in [-0.3, -0.25) is 0 Å². The van der Waals surface area contributed by atoms with Gasteiger partial charge in [-0.1, -0.05) is 50.1 Å². The summed E-state index contributed by atoms with van der Waals surface area (Å²) in [6, 6.07) is 0. The van der Waals surface area contributed by atoms with Crippen LogP contribution in [0.25, 0.3) is 0 Å². The zero-order valence-electron chi connectivity index (χ0n) is 10.3. The predicted molar refractivity (Wildman–Crippen MR) is 68.2 cm³/mol. The van der Waals surface area contributed by atoms with Crippen LogP contribution in [0.15, 0.2) is 36.5 Å². The second-order valence-corrected chi connectivity index (χ2v) is 3.42. The van der Waals surface area contributed by atoms with Crippen LogP contribution < -0.4 is 0 Å². The molecule has 0 aliphatic rings. The summed E-state index contributed by atoms with van der Waals surface area (Å²) in [6.45, 7) is 4.41. The van der Waals surface area contributed by atoms with Crippen molar-refractivity contribution < 1.29 is 9.53 Å². The molecule has 0 radical (unpaired) electrons. The van der Waals surface area contributed by atoms with Gasteiger partial charge in [-0.25, -0.2) is 4.79 Å². The van der Waals surface area contributed by atoms with Crippen molar-refractivity contribution in [3.63, 3.8) is 0 Å². The quantitative estimate of drug-likeness (QED) is 0.270. The maximum Gasteiger partial charge on any atom is 0.330 e. The lowest BCUT2D eigenvalue weighted by molar-refractivity contribution is -0.137. The summed E-state index contributed by atoms with van der Waals surface area (Å²) in [4.78, 5) is 10.9. The molecule has 90 valence electrons. The molecular weight excluding hydrogens is 200 g/mol. The standard InChI is InChI=1S/C14H22O2/c1-3-5-6-7-8-9-10-11-12-13-14(15)16-4-2/h8-13H,3-7H2,1-2H3. The van der Waals surface area contributed by atoms with Crippen LogP contribution in [0.1, 0.15) is 39.5 Å². The average Bonchev–Trinajstić information content (AvgIpc) is 2.27. The molecule has 0 fully saturated rings. The number of ether oxygens (including phenoxy) is 1. The number of rotatable bonds is 8. The van der Waals surface area contributed by atoms with E-state index in [4.69, 9.17) is 4.74 Å². The first-order chi connectivity index (χ1) is 7.81. The summed E-state index contributed by atoms with van der Waals surface area (Å²) < 4.78 is 4.74. The minimum absolute atomic E-state index is 0.293. The molecule has 0 unspecified atom stereocenters. The maximum absolute atomic E-state index is 10.9. The molecule has 0 atom stereocenters. The number of hydrogen-bond acceptors (Lipinski definition) is 2. The van der Waals surface area contributed by atoms with Crippen LogP contribution in [-0.4, -0.2) is 12.6 Å². The smallest absolute Gasteiger partial charge is 0.330 e. The van der Waals surface area contributed by atoms with Crippen LogP contribution in [0.2, 0.25) is 0 Å². The molecule has 0 saturated carbocycles. The highest BCUT2D eigenvalue weighted by Gasteiger charge is 1.89. The lowest BCUT2D eigenvalue weighted by Crippen LogP contribution is -1.98. The molecule has 2 nitrogen and oxygen atoms in total. The van der Waals surface area contributed by atoms with E-state index in [-0.39, 0.29) is 5.97 Å². The third kappa shape index (κ3) is 10.8. The van der Waals surface area contributed by atoms with Crippen LogP contribution in [-0.2, 0) is 9.53 Å². The molecule has 2 heteroatoms. The van der Waals surface area contributed by atoms with E-state index in [0.717, 1.165) is 6.42 Å². The Morgan fingerprint density at radius 3 is 2.50 bits per heavy atom. The Labute approximate surface area is 98.7 Å². The van der Waals surface area contributed by atoms with Gasteiger partial charge in [-0.05, 0) is 19.8 Å². The van der Waals surface area contributed by atoms with Gasteiger partial charge in [-0.2, -0.15) is 0 Å². The number of esters is 1. The minimum Gasteiger partial charge on any atom is -0.463 e. The number of unbranched alkanes of at least 4 members (excludes halogenated alkanes) is 3. The van der Waals surface area contributed by atoms with Gasteiger partial charge in [0.2, 0.25) is 0 Å². The van der Waals surface area contributed by atoms with Gasteiger partial charge in [-0.15, -0.1) is 0 Å². The van der Waals surface area contributed by atoms with Gasteiger partial charge < -0.3 is 4.74 Å².